The molecule has 1 N–H and O–H groups in total. The lowest BCUT2D eigenvalue weighted by Crippen LogP contribution is -2.58. The summed E-state index contributed by atoms with van der Waals surface area (Å²) in [6, 6.07) is 7.38. The molecule has 4 heterocycles. The zero-order chi connectivity index (χ0) is 23.9. The van der Waals surface area contributed by atoms with Crippen molar-refractivity contribution < 1.29 is 41.8 Å². The van der Waals surface area contributed by atoms with E-state index >= 15 is 0 Å². The van der Waals surface area contributed by atoms with Crippen LogP contribution in [0.5, 0.6) is 0 Å². The lowest BCUT2D eigenvalue weighted by molar-refractivity contribution is -0.192. The van der Waals surface area contributed by atoms with Gasteiger partial charge in [0.25, 0.3) is 5.91 Å². The summed E-state index contributed by atoms with van der Waals surface area (Å²) < 4.78 is 49.2. The van der Waals surface area contributed by atoms with E-state index in [0.29, 0.717) is 32.1 Å². The van der Waals surface area contributed by atoms with Gasteiger partial charge in [-0.05, 0) is 49.1 Å². The van der Waals surface area contributed by atoms with Crippen LogP contribution in [-0.2, 0) is 20.9 Å². The number of amides is 1. The van der Waals surface area contributed by atoms with Crippen molar-refractivity contribution in [3.05, 3.63) is 54.2 Å². The molecule has 4 rings (SSSR count). The number of halogens is 3. The molecule has 2 aromatic rings. The number of nitrogens with zero attached hydrogens (tertiary/aromatic N) is 2. The van der Waals surface area contributed by atoms with Gasteiger partial charge in [0, 0.05) is 37.5 Å². The number of carboxylic acid groups (broad SMARTS) is 1. The molecule has 0 saturated carbocycles. The minimum absolute atomic E-state index is 0.0486. The van der Waals surface area contributed by atoms with Crippen molar-refractivity contribution in [3.63, 3.8) is 0 Å². The highest BCUT2D eigenvalue weighted by Gasteiger charge is 2.47. The number of ether oxygens (including phenoxy) is 2. The van der Waals surface area contributed by atoms with Crippen LogP contribution in [0.2, 0.25) is 0 Å². The third-order valence-corrected chi connectivity index (χ3v) is 5.66. The fraction of sp³-hybridized carbons (Fsp3) is 0.500. The fourth-order valence-electron chi connectivity index (χ4n) is 4.08. The van der Waals surface area contributed by atoms with Gasteiger partial charge in [0.15, 0.2) is 5.76 Å². The second-order valence-electron chi connectivity index (χ2n) is 7.97. The van der Waals surface area contributed by atoms with Crippen molar-refractivity contribution >= 4 is 11.9 Å². The number of carbonyl (C=O) groups is 2. The smallest absolute Gasteiger partial charge is 0.475 e. The Hall–Kier alpha value is -2.92. The van der Waals surface area contributed by atoms with Crippen LogP contribution in [0.15, 0.2) is 47.3 Å². The van der Waals surface area contributed by atoms with Crippen LogP contribution < -0.4 is 0 Å². The largest absolute Gasteiger partial charge is 0.490 e. The SMILES string of the molecule is O=C(O)C(F)(F)F.O=C(c1ccco1)N1CCC2OCCCC2(COCc2ccncc2)C1. The van der Waals surface area contributed by atoms with Crippen molar-refractivity contribution in [2.24, 2.45) is 5.41 Å². The third-order valence-electron chi connectivity index (χ3n) is 5.66. The first-order chi connectivity index (χ1) is 15.7. The summed E-state index contributed by atoms with van der Waals surface area (Å²) in [5.74, 6) is -2.41. The summed E-state index contributed by atoms with van der Waals surface area (Å²) in [7, 11) is 0. The monoisotopic (exact) mass is 470 g/mol. The topological polar surface area (TPSA) is 102 Å². The van der Waals surface area contributed by atoms with Crippen molar-refractivity contribution in [2.75, 3.05) is 26.3 Å². The van der Waals surface area contributed by atoms with Crippen LogP contribution in [-0.4, -0.2) is 65.5 Å². The number of alkyl halides is 3. The van der Waals surface area contributed by atoms with E-state index in [2.05, 4.69) is 4.98 Å². The van der Waals surface area contributed by atoms with Crippen LogP contribution >= 0.6 is 0 Å². The van der Waals surface area contributed by atoms with E-state index in [1.165, 1.54) is 6.26 Å². The second-order valence-corrected chi connectivity index (χ2v) is 7.97. The number of piperidine rings is 1. The summed E-state index contributed by atoms with van der Waals surface area (Å²) in [6.07, 6.45) is 2.99. The Labute approximate surface area is 188 Å². The standard InChI is InChI=1S/C20H24N2O4.C2HF3O2/c23-19(17-3-1-11-25-17)22-10-6-18-20(14-22,7-2-12-26-18)15-24-13-16-4-8-21-9-5-16;3-2(4,5)1(6)7/h1,3-5,8-9,11,18H,2,6-7,10,12-15H2;(H,6,7). The first kappa shape index (κ1) is 24.7. The lowest BCUT2D eigenvalue weighted by atomic mass is 9.73. The molecule has 2 saturated heterocycles. The predicted octanol–water partition coefficient (Wildman–Crippen LogP) is 3.54. The first-order valence-corrected chi connectivity index (χ1v) is 10.4. The first-order valence-electron chi connectivity index (χ1n) is 10.4. The molecule has 0 spiro atoms. The van der Waals surface area contributed by atoms with Gasteiger partial charge in [-0.2, -0.15) is 13.2 Å². The Morgan fingerprint density at radius 1 is 1.27 bits per heavy atom. The highest BCUT2D eigenvalue weighted by Crippen LogP contribution is 2.41. The quantitative estimate of drug-likeness (QED) is 0.713. The Kier molecular flexibility index (Phi) is 8.09. The van der Waals surface area contributed by atoms with Crippen LogP contribution in [0, 0.1) is 5.41 Å². The van der Waals surface area contributed by atoms with Gasteiger partial charge in [-0.1, -0.05) is 0 Å². The number of carboxylic acids is 1. The Morgan fingerprint density at radius 3 is 2.64 bits per heavy atom. The summed E-state index contributed by atoms with van der Waals surface area (Å²) in [6.45, 7) is 3.26. The van der Waals surface area contributed by atoms with Gasteiger partial charge in [-0.25, -0.2) is 4.79 Å². The number of aromatic nitrogens is 1. The van der Waals surface area contributed by atoms with Crippen molar-refractivity contribution in [1.29, 1.82) is 0 Å². The number of likely N-dealkylation sites (tertiary alicyclic amines) is 1. The van der Waals surface area contributed by atoms with Gasteiger partial charge in [0.1, 0.15) is 0 Å². The number of carbonyl (C=O) groups excluding carboxylic acids is 1. The average molecular weight is 470 g/mol. The summed E-state index contributed by atoms with van der Waals surface area (Å²) >= 11 is 0. The summed E-state index contributed by atoms with van der Waals surface area (Å²) in [5, 5.41) is 7.12. The number of rotatable bonds is 5. The molecule has 0 bridgehead atoms. The molecule has 2 aliphatic rings. The molecule has 0 aromatic carbocycles. The van der Waals surface area contributed by atoms with Gasteiger partial charge >= 0.3 is 12.1 Å². The fourth-order valence-corrected chi connectivity index (χ4v) is 4.08. The second kappa shape index (κ2) is 10.8. The van der Waals surface area contributed by atoms with E-state index < -0.39 is 12.1 Å². The predicted molar refractivity (Wildman–Crippen MR) is 108 cm³/mol. The van der Waals surface area contributed by atoms with E-state index in [1.54, 1.807) is 24.5 Å². The molecule has 2 aliphatic heterocycles. The van der Waals surface area contributed by atoms with E-state index in [9.17, 15) is 18.0 Å². The van der Waals surface area contributed by atoms with Gasteiger partial charge in [-0.15, -0.1) is 0 Å². The van der Waals surface area contributed by atoms with Crippen molar-refractivity contribution in [3.8, 4) is 0 Å². The molecule has 8 nitrogen and oxygen atoms in total. The minimum Gasteiger partial charge on any atom is -0.475 e. The highest BCUT2D eigenvalue weighted by molar-refractivity contribution is 5.91. The number of fused-ring (bicyclic) bond motifs is 1. The van der Waals surface area contributed by atoms with Crippen LogP contribution in [0.1, 0.15) is 35.4 Å². The molecular weight excluding hydrogens is 445 g/mol. The maximum absolute atomic E-state index is 12.7. The van der Waals surface area contributed by atoms with Crippen LogP contribution in [0.3, 0.4) is 0 Å². The maximum Gasteiger partial charge on any atom is 0.490 e. The molecule has 2 fully saturated rings. The Morgan fingerprint density at radius 2 is 2.00 bits per heavy atom. The number of hydrogen-bond acceptors (Lipinski definition) is 6. The minimum atomic E-state index is -5.08. The van der Waals surface area contributed by atoms with E-state index in [0.717, 1.165) is 31.4 Å². The van der Waals surface area contributed by atoms with Gasteiger partial charge in [0.05, 0.1) is 25.6 Å². The maximum atomic E-state index is 12.7. The number of furan rings is 1. The highest BCUT2D eigenvalue weighted by atomic mass is 19.4. The molecule has 2 aromatic heterocycles. The molecule has 2 unspecified atom stereocenters. The molecule has 0 aliphatic carbocycles. The Bertz CT molecular complexity index is 907. The van der Waals surface area contributed by atoms with E-state index in [-0.39, 0.29) is 17.4 Å². The number of hydrogen-bond donors (Lipinski definition) is 1. The lowest BCUT2D eigenvalue weighted by Gasteiger charge is -2.50. The molecule has 1 amide bonds. The zero-order valence-electron chi connectivity index (χ0n) is 17.8. The zero-order valence-corrected chi connectivity index (χ0v) is 17.8. The van der Waals surface area contributed by atoms with E-state index in [1.807, 2.05) is 17.0 Å². The van der Waals surface area contributed by atoms with Gasteiger partial charge in [0.2, 0.25) is 0 Å². The molecule has 2 atom stereocenters. The van der Waals surface area contributed by atoms with Crippen LogP contribution in [0.4, 0.5) is 13.2 Å². The van der Waals surface area contributed by atoms with Crippen molar-refractivity contribution in [2.45, 2.75) is 38.1 Å². The third kappa shape index (κ3) is 6.55. The van der Waals surface area contributed by atoms with Crippen LogP contribution in [0.25, 0.3) is 0 Å². The number of pyridine rings is 1. The van der Waals surface area contributed by atoms with Gasteiger partial charge in [-0.3, -0.25) is 9.78 Å². The summed E-state index contributed by atoms with van der Waals surface area (Å²) in [5.41, 5.74) is 0.954. The Balaban J connectivity index is 0.000000383. The van der Waals surface area contributed by atoms with Gasteiger partial charge < -0.3 is 23.9 Å². The molecule has 0 radical (unpaired) electrons. The molecular formula is C22H25F3N2O6. The van der Waals surface area contributed by atoms with Crippen molar-refractivity contribution in [1.82, 2.24) is 9.88 Å². The normalized spacial score (nSPS) is 22.6. The average Bonchev–Trinajstić information content (AvgIpc) is 3.33. The number of aliphatic carboxylic acids is 1. The molecule has 11 heteroatoms. The van der Waals surface area contributed by atoms with E-state index in [4.69, 9.17) is 23.8 Å². The summed E-state index contributed by atoms with van der Waals surface area (Å²) in [4.78, 5) is 27.5. The molecule has 33 heavy (non-hydrogen) atoms. The molecule has 180 valence electrons.